The molecule has 6 heteroatoms. The van der Waals surface area contributed by atoms with Crippen LogP contribution in [0.4, 0.5) is 11.4 Å². The summed E-state index contributed by atoms with van der Waals surface area (Å²) < 4.78 is 1.00. The van der Waals surface area contributed by atoms with Gasteiger partial charge in [-0.1, -0.05) is 22.0 Å². The molecule has 0 aliphatic carbocycles. The summed E-state index contributed by atoms with van der Waals surface area (Å²) in [4.78, 5) is 20.7. The first-order valence-corrected chi connectivity index (χ1v) is 8.57. The predicted octanol–water partition coefficient (Wildman–Crippen LogP) is 4.41. The van der Waals surface area contributed by atoms with Crippen molar-refractivity contribution < 1.29 is 4.79 Å². The van der Waals surface area contributed by atoms with Crippen LogP contribution in [-0.2, 0) is 6.54 Å². The Morgan fingerprint density at radius 2 is 2.00 bits per heavy atom. The Morgan fingerprint density at radius 1 is 1.12 bits per heavy atom. The number of carbonyl (C=O) groups is 1. The topological polar surface area (TPSA) is 66.9 Å². The highest BCUT2D eigenvalue weighted by atomic mass is 79.9. The van der Waals surface area contributed by atoms with Gasteiger partial charge < -0.3 is 10.6 Å². The lowest BCUT2D eigenvalue weighted by atomic mass is 10.2. The van der Waals surface area contributed by atoms with E-state index in [0.29, 0.717) is 12.2 Å². The number of anilines is 2. The molecular weight excluding hydrogens is 380 g/mol. The van der Waals surface area contributed by atoms with Crippen molar-refractivity contribution in [1.29, 1.82) is 0 Å². The smallest absolute Gasteiger partial charge is 0.274 e. The van der Waals surface area contributed by atoms with Crippen molar-refractivity contribution in [1.82, 2.24) is 9.97 Å². The minimum Gasteiger partial charge on any atom is -0.381 e. The van der Waals surface area contributed by atoms with E-state index in [9.17, 15) is 4.79 Å². The van der Waals surface area contributed by atoms with E-state index in [4.69, 9.17) is 0 Å². The number of pyridine rings is 2. The van der Waals surface area contributed by atoms with Crippen LogP contribution in [0, 0.1) is 6.92 Å². The molecule has 0 fully saturated rings. The first kappa shape index (κ1) is 17.1. The van der Waals surface area contributed by atoms with Crippen LogP contribution in [0.2, 0.25) is 0 Å². The fraction of sp³-hybridized carbons (Fsp3) is 0.105. The Kier molecular flexibility index (Phi) is 5.40. The van der Waals surface area contributed by atoms with Crippen molar-refractivity contribution in [2.45, 2.75) is 13.5 Å². The number of hydrogen-bond donors (Lipinski definition) is 2. The average molecular weight is 397 g/mol. The van der Waals surface area contributed by atoms with Gasteiger partial charge in [0.05, 0.1) is 0 Å². The standard InChI is InChI=1S/C19H17BrN4O/c1-13-9-16(4-5-17(13)20)24-19(25)18-10-15(6-8-22-18)23-12-14-3-2-7-21-11-14/h2-11H,12H2,1H3,(H,22,23)(H,24,25). The van der Waals surface area contributed by atoms with Gasteiger partial charge in [0.1, 0.15) is 5.69 Å². The van der Waals surface area contributed by atoms with Crippen LogP contribution >= 0.6 is 15.9 Å². The van der Waals surface area contributed by atoms with Crippen molar-refractivity contribution >= 4 is 33.2 Å². The van der Waals surface area contributed by atoms with E-state index in [1.54, 1.807) is 24.7 Å². The third-order valence-corrected chi connectivity index (χ3v) is 4.52. The second-order valence-electron chi connectivity index (χ2n) is 5.56. The number of aromatic nitrogens is 2. The molecule has 0 atom stereocenters. The lowest BCUT2D eigenvalue weighted by Gasteiger charge is -2.09. The highest BCUT2D eigenvalue weighted by Crippen LogP contribution is 2.20. The summed E-state index contributed by atoms with van der Waals surface area (Å²) in [7, 11) is 0. The van der Waals surface area contributed by atoms with Crippen LogP contribution in [0.1, 0.15) is 21.6 Å². The summed E-state index contributed by atoms with van der Waals surface area (Å²) in [5, 5.41) is 6.14. The molecule has 25 heavy (non-hydrogen) atoms. The first-order valence-electron chi connectivity index (χ1n) is 7.78. The second-order valence-corrected chi connectivity index (χ2v) is 6.42. The minimum absolute atomic E-state index is 0.244. The number of rotatable bonds is 5. The summed E-state index contributed by atoms with van der Waals surface area (Å²) in [6, 6.07) is 13.1. The quantitative estimate of drug-likeness (QED) is 0.669. The summed E-state index contributed by atoms with van der Waals surface area (Å²) in [5.41, 5.74) is 4.04. The van der Waals surface area contributed by atoms with Crippen LogP contribution in [-0.4, -0.2) is 15.9 Å². The predicted molar refractivity (Wildman–Crippen MR) is 103 cm³/mol. The van der Waals surface area contributed by atoms with Crippen molar-refractivity contribution in [3.8, 4) is 0 Å². The number of aryl methyl sites for hydroxylation is 1. The fourth-order valence-electron chi connectivity index (χ4n) is 2.29. The molecule has 0 radical (unpaired) electrons. The monoisotopic (exact) mass is 396 g/mol. The number of hydrogen-bond acceptors (Lipinski definition) is 4. The van der Waals surface area contributed by atoms with Crippen LogP contribution < -0.4 is 10.6 Å². The van der Waals surface area contributed by atoms with Gasteiger partial charge in [-0.3, -0.25) is 14.8 Å². The van der Waals surface area contributed by atoms with Crippen molar-refractivity contribution in [2.75, 3.05) is 10.6 Å². The Bertz CT molecular complexity index is 884. The van der Waals surface area contributed by atoms with Crippen LogP contribution in [0.5, 0.6) is 0 Å². The van der Waals surface area contributed by atoms with Gasteiger partial charge in [-0.25, -0.2) is 0 Å². The van der Waals surface area contributed by atoms with E-state index in [0.717, 1.165) is 27.0 Å². The van der Waals surface area contributed by atoms with Crippen molar-refractivity contribution in [3.63, 3.8) is 0 Å². The molecular formula is C19H17BrN4O. The fourth-order valence-corrected chi connectivity index (χ4v) is 2.54. The number of nitrogens with one attached hydrogen (secondary N) is 2. The second kappa shape index (κ2) is 7.90. The number of carbonyl (C=O) groups excluding carboxylic acids is 1. The Morgan fingerprint density at radius 3 is 2.76 bits per heavy atom. The van der Waals surface area contributed by atoms with E-state index >= 15 is 0 Å². The Hall–Kier alpha value is -2.73. The van der Waals surface area contributed by atoms with E-state index in [2.05, 4.69) is 36.5 Å². The van der Waals surface area contributed by atoms with Gasteiger partial charge >= 0.3 is 0 Å². The molecule has 0 spiro atoms. The Balaban J connectivity index is 1.67. The lowest BCUT2D eigenvalue weighted by molar-refractivity contribution is 0.102. The van der Waals surface area contributed by atoms with Gasteiger partial charge in [-0.2, -0.15) is 0 Å². The molecule has 2 aromatic heterocycles. The molecule has 0 aliphatic heterocycles. The number of nitrogens with zero attached hydrogens (tertiary/aromatic N) is 2. The molecule has 126 valence electrons. The number of benzene rings is 1. The molecule has 0 saturated carbocycles. The molecule has 0 bridgehead atoms. The van der Waals surface area contributed by atoms with Gasteiger partial charge in [0.25, 0.3) is 5.91 Å². The summed E-state index contributed by atoms with van der Waals surface area (Å²) >= 11 is 3.45. The molecule has 0 unspecified atom stereocenters. The molecule has 1 amide bonds. The largest absolute Gasteiger partial charge is 0.381 e. The normalized spacial score (nSPS) is 10.3. The minimum atomic E-state index is -0.244. The van der Waals surface area contributed by atoms with Crippen molar-refractivity contribution in [2.24, 2.45) is 0 Å². The molecule has 5 nitrogen and oxygen atoms in total. The highest BCUT2D eigenvalue weighted by Gasteiger charge is 2.09. The summed E-state index contributed by atoms with van der Waals surface area (Å²) in [6.45, 7) is 2.60. The van der Waals surface area contributed by atoms with Gasteiger partial charge in [-0.15, -0.1) is 0 Å². The number of amides is 1. The zero-order valence-electron chi connectivity index (χ0n) is 13.7. The van der Waals surface area contributed by atoms with Gasteiger partial charge in [0.15, 0.2) is 0 Å². The molecule has 2 N–H and O–H groups in total. The van der Waals surface area contributed by atoms with E-state index in [1.807, 2.05) is 43.3 Å². The molecule has 1 aromatic carbocycles. The SMILES string of the molecule is Cc1cc(NC(=O)c2cc(NCc3cccnc3)ccn2)ccc1Br. The molecule has 3 rings (SSSR count). The third kappa shape index (κ3) is 4.64. The zero-order chi connectivity index (χ0) is 17.6. The maximum absolute atomic E-state index is 12.4. The van der Waals surface area contributed by atoms with E-state index < -0.39 is 0 Å². The molecule has 0 aliphatic rings. The van der Waals surface area contributed by atoms with Crippen LogP contribution in [0.15, 0.2) is 65.5 Å². The summed E-state index contributed by atoms with van der Waals surface area (Å²) in [6.07, 6.45) is 5.16. The summed E-state index contributed by atoms with van der Waals surface area (Å²) in [5.74, 6) is -0.244. The van der Waals surface area contributed by atoms with Gasteiger partial charge in [0, 0.05) is 41.0 Å². The van der Waals surface area contributed by atoms with Gasteiger partial charge in [-0.05, 0) is 54.4 Å². The molecule has 2 heterocycles. The third-order valence-electron chi connectivity index (χ3n) is 3.63. The molecule has 3 aromatic rings. The first-order chi connectivity index (χ1) is 12.1. The molecule has 0 saturated heterocycles. The Labute approximate surface area is 154 Å². The highest BCUT2D eigenvalue weighted by molar-refractivity contribution is 9.10. The lowest BCUT2D eigenvalue weighted by Crippen LogP contribution is -2.14. The average Bonchev–Trinajstić information content (AvgIpc) is 2.64. The van der Waals surface area contributed by atoms with E-state index in [-0.39, 0.29) is 5.91 Å². The van der Waals surface area contributed by atoms with Crippen LogP contribution in [0.3, 0.4) is 0 Å². The maximum atomic E-state index is 12.4. The van der Waals surface area contributed by atoms with Gasteiger partial charge in [0.2, 0.25) is 0 Å². The number of halogens is 1. The zero-order valence-corrected chi connectivity index (χ0v) is 15.2. The maximum Gasteiger partial charge on any atom is 0.274 e. The van der Waals surface area contributed by atoms with Crippen molar-refractivity contribution in [3.05, 3.63) is 82.3 Å². The van der Waals surface area contributed by atoms with E-state index in [1.165, 1.54) is 0 Å². The van der Waals surface area contributed by atoms with Crippen LogP contribution in [0.25, 0.3) is 0 Å².